The Morgan fingerprint density at radius 1 is 0.392 bits per heavy atom. The first-order valence-electron chi connectivity index (χ1n) is 24.4. The second kappa shape index (κ2) is 41.9. The molecule has 0 saturated heterocycles. The topological polar surface area (TPSA) is 208 Å². The molecule has 0 heterocycles. The minimum atomic E-state index is 0. The summed E-state index contributed by atoms with van der Waals surface area (Å²) in [5.74, 6) is 0.427. The van der Waals surface area contributed by atoms with Crippen molar-refractivity contribution in [1.29, 1.82) is 0 Å². The number of nitrogens with two attached hydrogens (primary N) is 1. The molecule has 8 aromatic rings. The van der Waals surface area contributed by atoms with Crippen LogP contribution in [0.1, 0.15) is 103 Å². The summed E-state index contributed by atoms with van der Waals surface area (Å²) in [6, 6.07) is 64.1. The maximum absolute atomic E-state index is 10.2. The number of aliphatic hydroxyl groups excluding tert-OH is 2. The number of ether oxygens (including phenoxy) is 3. The molecule has 0 bridgehead atoms. The third-order valence-electron chi connectivity index (χ3n) is 12.2. The molecule has 14 heteroatoms. The molecule has 0 aromatic heterocycles. The number of nitrogen functional groups attached to an aromatic ring is 1. The number of benzene rings is 8. The van der Waals surface area contributed by atoms with Gasteiger partial charge in [0.1, 0.15) is 0 Å². The van der Waals surface area contributed by atoms with Crippen molar-refractivity contribution in [3.8, 4) is 33.4 Å². The van der Waals surface area contributed by atoms with Crippen molar-refractivity contribution in [3.63, 3.8) is 0 Å². The molecule has 8 aromatic carbocycles. The van der Waals surface area contributed by atoms with Crippen LogP contribution in [0.4, 0.5) is 5.69 Å². The van der Waals surface area contributed by atoms with Gasteiger partial charge in [-0.15, -0.1) is 12.1 Å². The number of aliphatic hydroxyl groups is 2. The average Bonchev–Trinajstić information content (AvgIpc) is 4.20. The number of fused-ring (bicyclic) bond motifs is 9. The fourth-order valence-electron chi connectivity index (χ4n) is 8.94. The maximum atomic E-state index is 10.2. The smallest absolute Gasteiger partial charge is 0.0681 e. The zero-order chi connectivity index (χ0) is 52.4. The van der Waals surface area contributed by atoms with Gasteiger partial charge in [0.05, 0.1) is 33.0 Å². The number of hydrogen-bond acceptors (Lipinski definition) is 9. The van der Waals surface area contributed by atoms with Crippen LogP contribution in [0.15, 0.2) is 194 Å². The van der Waals surface area contributed by atoms with Crippen LogP contribution in [0.2, 0.25) is 0 Å². The van der Waals surface area contributed by atoms with Crippen LogP contribution in [0.5, 0.6) is 0 Å². The largest absolute Gasteiger partial charge is 0.652 e. The standard InChI is InChI=1S/3C15H11O2.C8H9O.C7H9NO.2C2H6.CH4.2H2O.3Y/c3*16-10-17-9-15-13-7-3-1-5-11(13)12-6-2-4-8-14(12)15;1-7-2-4-8(6-9)5-3-7;8-7-3-1-6(5-9)2-4-7;2*1-2;;;;;;/h3*1-8,15H,9H2;2-5,9H,1,6H2;1-4,9H,5,8H2;2*1-2H3;1H4;2*1H2;;;/q4*-1;;;;;;;;;. The van der Waals surface area contributed by atoms with Crippen LogP contribution < -0.4 is 5.73 Å². The van der Waals surface area contributed by atoms with Crippen LogP contribution in [-0.2, 0) is 140 Å². The van der Waals surface area contributed by atoms with Gasteiger partial charge in [-0.05, 0) is 90.0 Å². The summed E-state index contributed by atoms with van der Waals surface area (Å²) in [5.41, 5.74) is 23.7. The quantitative estimate of drug-likeness (QED) is 0.0638. The molecule has 3 aliphatic rings. The first kappa shape index (κ1) is 76.1. The molecule has 3 radical (unpaired) electrons. The van der Waals surface area contributed by atoms with Gasteiger partial charge in [-0.2, -0.15) is 24.6 Å². The molecule has 8 N–H and O–H groups in total. The van der Waals surface area contributed by atoms with E-state index in [9.17, 15) is 14.4 Å². The normalized spacial score (nSPS) is 10.7. The van der Waals surface area contributed by atoms with Gasteiger partial charge in [0.15, 0.2) is 0 Å². The molecule has 0 spiro atoms. The van der Waals surface area contributed by atoms with Crippen LogP contribution in [0.3, 0.4) is 0 Å². The molecule has 0 unspecified atom stereocenters. The number of carbonyl (C=O) groups excluding carboxylic acids is 3. The Balaban J connectivity index is 0. The van der Waals surface area contributed by atoms with E-state index in [1.165, 1.54) is 86.2 Å². The minimum absolute atomic E-state index is 0. The van der Waals surface area contributed by atoms with E-state index in [4.69, 9.17) is 30.2 Å². The summed E-state index contributed by atoms with van der Waals surface area (Å²) >= 11 is 0. The summed E-state index contributed by atoms with van der Waals surface area (Å²) in [5, 5.41) is 17.2. The van der Waals surface area contributed by atoms with Gasteiger partial charge in [0.25, 0.3) is 0 Å². The second-order valence-corrected chi connectivity index (χ2v) is 16.2. The van der Waals surface area contributed by atoms with Crippen molar-refractivity contribution in [2.75, 3.05) is 25.6 Å². The monoisotopic (exact) mass is 1290 g/mol. The van der Waals surface area contributed by atoms with Gasteiger partial charge < -0.3 is 55.5 Å². The molecule has 0 aliphatic heterocycles. The van der Waals surface area contributed by atoms with E-state index in [2.05, 4.69) is 79.7 Å². The van der Waals surface area contributed by atoms with Gasteiger partial charge in [0.2, 0.25) is 0 Å². The number of hydrogen-bond donors (Lipinski definition) is 3. The van der Waals surface area contributed by atoms with Crippen molar-refractivity contribution in [3.05, 3.63) is 251 Å². The van der Waals surface area contributed by atoms with Crippen LogP contribution in [-0.4, -0.2) is 60.4 Å². The molecule has 0 fully saturated rings. The Hall–Kier alpha value is -5.01. The maximum Gasteiger partial charge on any atom is 0.0681 e. The van der Waals surface area contributed by atoms with Crippen molar-refractivity contribution in [2.45, 2.75) is 66.1 Å². The van der Waals surface area contributed by atoms with E-state index in [1.54, 1.807) is 24.3 Å². The average molecular weight is 1290 g/mol. The molecule has 3 aliphatic carbocycles. The number of anilines is 1. The zero-order valence-corrected chi connectivity index (χ0v) is 53.1. The van der Waals surface area contributed by atoms with Crippen LogP contribution in [0.25, 0.3) is 33.4 Å². The van der Waals surface area contributed by atoms with Crippen LogP contribution >= 0.6 is 0 Å². The molecule has 0 atom stereocenters. The van der Waals surface area contributed by atoms with Crippen molar-refractivity contribution >= 4 is 25.1 Å². The van der Waals surface area contributed by atoms with Gasteiger partial charge in [-0.3, -0.25) is 0 Å². The summed E-state index contributed by atoms with van der Waals surface area (Å²) < 4.78 is 14.5. The Kier molecular flexibility index (Phi) is 40.4. The third kappa shape index (κ3) is 20.8. The zero-order valence-electron chi connectivity index (χ0n) is 44.6. The number of rotatable bonds is 11. The summed E-state index contributed by atoms with van der Waals surface area (Å²) in [7, 11) is 0. The first-order valence-corrected chi connectivity index (χ1v) is 24.4. The fraction of sp³-hybridized carbons (Fsp3) is 0.200. The minimum Gasteiger partial charge on any atom is -0.652 e. The van der Waals surface area contributed by atoms with Crippen molar-refractivity contribution < 1.29 is 148 Å². The Labute approximate surface area is 543 Å². The van der Waals surface area contributed by atoms with E-state index in [1.807, 2.05) is 125 Å². The van der Waals surface area contributed by atoms with E-state index >= 15 is 0 Å². The predicted octanol–water partition coefficient (Wildman–Crippen LogP) is 11.8. The van der Waals surface area contributed by atoms with E-state index in [0.29, 0.717) is 19.8 Å². The molecule has 79 heavy (non-hydrogen) atoms. The van der Waals surface area contributed by atoms with Gasteiger partial charge in [0, 0.05) is 122 Å². The summed E-state index contributed by atoms with van der Waals surface area (Å²) in [6.45, 7) is 17.5. The van der Waals surface area contributed by atoms with Gasteiger partial charge in [-0.1, -0.05) is 212 Å². The Morgan fingerprint density at radius 3 is 0.797 bits per heavy atom. The molecule has 0 saturated carbocycles. The SMILES string of the molecule is C.CC.CC.Nc1ccc(CO)cc1.O.O.O=[C-]OCC1c2ccccc2-c2ccccc21.O=[C-]OCC1c2ccccc2-c2ccccc21.O=[C-]OCC1c2ccccc2-c2ccccc21.[CH2-]c1ccc(CO)cc1.[Y].[Y].[Y]. The molecular formula is C65H71NO10Y3-4. The predicted molar refractivity (Wildman–Crippen MR) is 306 cm³/mol. The van der Waals surface area contributed by atoms with E-state index < -0.39 is 0 Å². The summed E-state index contributed by atoms with van der Waals surface area (Å²) in [6.07, 6.45) is 0. The molecule has 0 amide bonds. The first-order chi connectivity index (χ1) is 35.9. The molecule has 11 nitrogen and oxygen atoms in total. The third-order valence-corrected chi connectivity index (χ3v) is 12.2. The van der Waals surface area contributed by atoms with E-state index in [-0.39, 0.29) is 147 Å². The van der Waals surface area contributed by atoms with Gasteiger partial charge in [-0.25, -0.2) is 0 Å². The second-order valence-electron chi connectivity index (χ2n) is 16.2. The fourth-order valence-corrected chi connectivity index (χ4v) is 8.94. The Morgan fingerprint density at radius 2 is 0.595 bits per heavy atom. The van der Waals surface area contributed by atoms with E-state index in [0.717, 1.165) is 22.4 Å². The molecule has 409 valence electrons. The molecular weight excluding hydrogens is 1220 g/mol. The molecule has 11 rings (SSSR count). The van der Waals surface area contributed by atoms with Crippen molar-refractivity contribution in [1.82, 2.24) is 0 Å². The van der Waals surface area contributed by atoms with Crippen LogP contribution in [0, 0.1) is 6.92 Å². The Bertz CT molecular complexity index is 2530. The van der Waals surface area contributed by atoms with Crippen molar-refractivity contribution in [2.24, 2.45) is 0 Å². The van der Waals surface area contributed by atoms with Gasteiger partial charge >= 0.3 is 0 Å². The summed E-state index contributed by atoms with van der Waals surface area (Å²) in [4.78, 5) is 30.7.